The van der Waals surface area contributed by atoms with Crippen molar-refractivity contribution in [3.8, 4) is 34.4 Å². The van der Waals surface area contributed by atoms with Gasteiger partial charge in [0.05, 0.1) is 26.9 Å². The molecule has 0 bridgehead atoms. The predicted molar refractivity (Wildman–Crippen MR) is 110 cm³/mol. The zero-order valence-electron chi connectivity index (χ0n) is 16.4. The molecule has 0 radical (unpaired) electrons. The van der Waals surface area contributed by atoms with Gasteiger partial charge in [0, 0.05) is 23.4 Å². The molecule has 2 aromatic carbocycles. The molecule has 8 nitrogen and oxygen atoms in total. The average Bonchev–Trinajstić information content (AvgIpc) is 2.93. The summed E-state index contributed by atoms with van der Waals surface area (Å²) in [6.07, 6.45) is 1.25. The molecule has 9 heteroatoms. The van der Waals surface area contributed by atoms with Crippen LogP contribution in [0.1, 0.15) is 11.8 Å². The first-order valence-corrected chi connectivity index (χ1v) is 10.0. The number of nitrogens with one attached hydrogen (secondary N) is 1. The SMILES string of the molecule is COc1cc(OC)c([C@@H]2Nc3ccccc3-c3nnc(SC)nc3O2)c(OC)c1. The highest BCUT2D eigenvalue weighted by Gasteiger charge is 2.30. The number of para-hydroxylation sites is 1. The third kappa shape index (κ3) is 3.49. The second-order valence-electron chi connectivity index (χ2n) is 6.09. The van der Waals surface area contributed by atoms with Crippen molar-refractivity contribution < 1.29 is 18.9 Å². The minimum absolute atomic E-state index is 0.381. The largest absolute Gasteiger partial charge is 0.496 e. The topological polar surface area (TPSA) is 87.6 Å². The number of thioether (sulfide) groups is 1. The van der Waals surface area contributed by atoms with E-state index in [0.717, 1.165) is 11.3 Å². The Morgan fingerprint density at radius 3 is 2.38 bits per heavy atom. The predicted octanol–water partition coefficient (Wildman–Crippen LogP) is 3.79. The van der Waals surface area contributed by atoms with Gasteiger partial charge >= 0.3 is 0 Å². The van der Waals surface area contributed by atoms with Crippen LogP contribution < -0.4 is 24.3 Å². The molecule has 1 aliphatic rings. The van der Waals surface area contributed by atoms with Gasteiger partial charge < -0.3 is 24.3 Å². The van der Waals surface area contributed by atoms with Crippen LogP contribution >= 0.6 is 11.8 Å². The van der Waals surface area contributed by atoms with Crippen molar-refractivity contribution in [3.63, 3.8) is 0 Å². The summed E-state index contributed by atoms with van der Waals surface area (Å²) in [6.45, 7) is 0. The minimum atomic E-state index is -0.639. The lowest BCUT2D eigenvalue weighted by Crippen LogP contribution is -2.19. The highest BCUT2D eigenvalue weighted by atomic mass is 32.2. The summed E-state index contributed by atoms with van der Waals surface area (Å²) in [5, 5.41) is 12.5. The normalized spacial score (nSPS) is 14.6. The molecule has 1 atom stereocenters. The van der Waals surface area contributed by atoms with Gasteiger partial charge in [-0.15, -0.1) is 10.2 Å². The van der Waals surface area contributed by atoms with E-state index in [1.807, 2.05) is 30.5 Å². The van der Waals surface area contributed by atoms with Crippen molar-refractivity contribution in [2.24, 2.45) is 0 Å². The molecule has 29 heavy (non-hydrogen) atoms. The van der Waals surface area contributed by atoms with Gasteiger partial charge in [0.15, 0.2) is 5.69 Å². The molecule has 1 N–H and O–H groups in total. The molecule has 0 amide bonds. The Morgan fingerprint density at radius 1 is 1.00 bits per heavy atom. The van der Waals surface area contributed by atoms with Crippen molar-refractivity contribution in [3.05, 3.63) is 42.0 Å². The fourth-order valence-corrected chi connectivity index (χ4v) is 3.45. The Kier molecular flexibility index (Phi) is 5.30. The van der Waals surface area contributed by atoms with Gasteiger partial charge in [0.2, 0.25) is 17.3 Å². The van der Waals surface area contributed by atoms with E-state index < -0.39 is 6.23 Å². The fraction of sp³-hybridized carbons (Fsp3) is 0.250. The minimum Gasteiger partial charge on any atom is -0.496 e. The van der Waals surface area contributed by atoms with E-state index >= 15 is 0 Å². The molecule has 0 spiro atoms. The van der Waals surface area contributed by atoms with E-state index in [0.29, 0.717) is 39.5 Å². The molecule has 3 aromatic rings. The van der Waals surface area contributed by atoms with Crippen molar-refractivity contribution >= 4 is 17.4 Å². The van der Waals surface area contributed by atoms with Crippen molar-refractivity contribution in [2.45, 2.75) is 11.4 Å². The number of methoxy groups -OCH3 is 3. The Labute approximate surface area is 172 Å². The van der Waals surface area contributed by atoms with Crippen LogP contribution in [0.4, 0.5) is 5.69 Å². The van der Waals surface area contributed by atoms with E-state index in [9.17, 15) is 0 Å². The zero-order chi connectivity index (χ0) is 20.4. The lowest BCUT2D eigenvalue weighted by Gasteiger charge is -2.23. The van der Waals surface area contributed by atoms with Gasteiger partial charge in [0.1, 0.15) is 17.2 Å². The molecule has 4 rings (SSSR count). The van der Waals surface area contributed by atoms with E-state index in [-0.39, 0.29) is 0 Å². The summed E-state index contributed by atoms with van der Waals surface area (Å²) in [5.41, 5.74) is 2.94. The lowest BCUT2D eigenvalue weighted by molar-refractivity contribution is 0.213. The van der Waals surface area contributed by atoms with Crippen LogP contribution in [-0.2, 0) is 0 Å². The molecular weight excluding hydrogens is 392 g/mol. The first kappa shape index (κ1) is 19.1. The molecule has 0 unspecified atom stereocenters. The summed E-state index contributed by atoms with van der Waals surface area (Å²) < 4.78 is 22.9. The maximum atomic E-state index is 6.29. The van der Waals surface area contributed by atoms with E-state index in [1.54, 1.807) is 33.5 Å². The molecule has 0 aliphatic carbocycles. The number of nitrogens with zero attached hydrogens (tertiary/aromatic N) is 3. The molecule has 1 aromatic heterocycles. The standard InChI is InChI=1S/C20H20N4O4S/c1-25-11-9-14(26-2)16(15(10-11)27-3)18-21-13-8-6-5-7-12(13)17-19(28-18)22-20(29-4)24-23-17/h5-10,18,21H,1-4H3/t18-/m1/s1. The fourth-order valence-electron chi connectivity index (χ4n) is 3.16. The summed E-state index contributed by atoms with van der Waals surface area (Å²) in [4.78, 5) is 4.53. The third-order valence-electron chi connectivity index (χ3n) is 4.53. The quantitative estimate of drug-likeness (QED) is 0.629. The number of ether oxygens (including phenoxy) is 4. The van der Waals surface area contributed by atoms with Gasteiger partial charge in [-0.25, -0.2) is 0 Å². The van der Waals surface area contributed by atoms with Crippen LogP contribution in [-0.4, -0.2) is 42.8 Å². The van der Waals surface area contributed by atoms with Gasteiger partial charge in [-0.2, -0.15) is 4.98 Å². The summed E-state index contributed by atoms with van der Waals surface area (Å²) in [5.74, 6) is 2.12. The molecule has 0 fully saturated rings. The number of benzene rings is 2. The molecule has 0 saturated carbocycles. The van der Waals surface area contributed by atoms with Crippen LogP contribution in [0.5, 0.6) is 23.1 Å². The highest BCUT2D eigenvalue weighted by Crippen LogP contribution is 2.44. The summed E-state index contributed by atoms with van der Waals surface area (Å²) >= 11 is 1.40. The zero-order valence-corrected chi connectivity index (χ0v) is 17.2. The summed E-state index contributed by atoms with van der Waals surface area (Å²) in [6, 6.07) is 11.3. The van der Waals surface area contributed by atoms with Crippen LogP contribution in [0, 0.1) is 0 Å². The first-order chi connectivity index (χ1) is 14.2. The maximum absolute atomic E-state index is 6.29. The average molecular weight is 412 g/mol. The number of rotatable bonds is 5. The lowest BCUT2D eigenvalue weighted by atomic mass is 10.1. The molecule has 1 aliphatic heterocycles. The number of hydrogen-bond donors (Lipinski definition) is 1. The van der Waals surface area contributed by atoms with Gasteiger partial charge in [-0.1, -0.05) is 30.0 Å². The van der Waals surface area contributed by atoms with Crippen LogP contribution in [0.3, 0.4) is 0 Å². The first-order valence-electron chi connectivity index (χ1n) is 8.79. The molecular formula is C20H20N4O4S. The van der Waals surface area contributed by atoms with Crippen molar-refractivity contribution in [1.29, 1.82) is 0 Å². The Bertz CT molecular complexity index is 1020. The van der Waals surface area contributed by atoms with Crippen LogP contribution in [0.25, 0.3) is 11.3 Å². The Balaban J connectivity index is 1.91. The van der Waals surface area contributed by atoms with Gasteiger partial charge in [0.25, 0.3) is 0 Å². The number of fused-ring (bicyclic) bond motifs is 3. The highest BCUT2D eigenvalue weighted by molar-refractivity contribution is 7.98. The van der Waals surface area contributed by atoms with Crippen LogP contribution in [0.15, 0.2) is 41.6 Å². The van der Waals surface area contributed by atoms with Gasteiger partial charge in [-0.3, -0.25) is 0 Å². The number of aromatic nitrogens is 3. The smallest absolute Gasteiger partial charge is 0.247 e. The number of hydrogen-bond acceptors (Lipinski definition) is 9. The van der Waals surface area contributed by atoms with E-state index in [1.165, 1.54) is 11.8 Å². The van der Waals surface area contributed by atoms with Gasteiger partial charge in [-0.05, 0) is 12.3 Å². The molecule has 150 valence electrons. The van der Waals surface area contributed by atoms with E-state index in [2.05, 4.69) is 20.5 Å². The number of anilines is 1. The second-order valence-corrected chi connectivity index (χ2v) is 6.86. The van der Waals surface area contributed by atoms with Crippen molar-refractivity contribution in [1.82, 2.24) is 15.2 Å². The monoisotopic (exact) mass is 412 g/mol. The Morgan fingerprint density at radius 2 is 1.72 bits per heavy atom. The molecule has 2 heterocycles. The van der Waals surface area contributed by atoms with Crippen molar-refractivity contribution in [2.75, 3.05) is 32.9 Å². The summed E-state index contributed by atoms with van der Waals surface area (Å²) in [7, 11) is 4.77. The Hall–Kier alpha value is -3.20. The second kappa shape index (κ2) is 8.04. The van der Waals surface area contributed by atoms with E-state index in [4.69, 9.17) is 18.9 Å². The van der Waals surface area contributed by atoms with Crippen LogP contribution in [0.2, 0.25) is 0 Å². The molecule has 0 saturated heterocycles. The third-order valence-corrected chi connectivity index (χ3v) is 5.07. The maximum Gasteiger partial charge on any atom is 0.247 e.